The highest BCUT2D eigenvalue weighted by molar-refractivity contribution is 9.10. The Balaban J connectivity index is 1.51. The van der Waals surface area contributed by atoms with Crippen LogP contribution in [0.2, 0.25) is 5.02 Å². The van der Waals surface area contributed by atoms with Gasteiger partial charge in [0.15, 0.2) is 18.1 Å². The van der Waals surface area contributed by atoms with Crippen LogP contribution in [-0.2, 0) is 16.1 Å². The lowest BCUT2D eigenvalue weighted by atomic mass is 10.1. The Morgan fingerprint density at radius 3 is 2.60 bits per heavy atom. The van der Waals surface area contributed by atoms with Crippen LogP contribution in [0.5, 0.6) is 11.5 Å². The molecule has 1 saturated heterocycles. The van der Waals surface area contributed by atoms with E-state index in [4.69, 9.17) is 21.1 Å². The highest BCUT2D eigenvalue weighted by Gasteiger charge is 2.36. The molecule has 1 aliphatic rings. The Hall–Kier alpha value is -3.87. The summed E-state index contributed by atoms with van der Waals surface area (Å²) in [7, 11) is 0. The molecule has 3 amide bonds. The zero-order chi connectivity index (χ0) is 28.8. The predicted molar refractivity (Wildman–Crippen MR) is 155 cm³/mol. The smallest absolute Gasteiger partial charge is 0.293 e. The van der Waals surface area contributed by atoms with Crippen LogP contribution in [0.3, 0.4) is 0 Å². The molecule has 0 unspecified atom stereocenters. The van der Waals surface area contributed by atoms with Crippen LogP contribution in [-0.4, -0.2) is 40.1 Å². The minimum absolute atomic E-state index is 0.144. The van der Waals surface area contributed by atoms with Crippen LogP contribution in [0.4, 0.5) is 16.2 Å². The van der Waals surface area contributed by atoms with Gasteiger partial charge in [-0.3, -0.25) is 29.4 Å². The minimum Gasteiger partial charge on any atom is -0.490 e. The van der Waals surface area contributed by atoms with Gasteiger partial charge in [0.25, 0.3) is 22.7 Å². The van der Waals surface area contributed by atoms with Gasteiger partial charge in [0, 0.05) is 11.6 Å². The van der Waals surface area contributed by atoms with Crippen molar-refractivity contribution in [2.45, 2.75) is 13.5 Å². The molecule has 1 fully saturated rings. The fourth-order valence-corrected chi connectivity index (χ4v) is 5.34. The van der Waals surface area contributed by atoms with Gasteiger partial charge in [-0.1, -0.05) is 41.9 Å². The number of anilines is 1. The number of rotatable bonds is 10. The van der Waals surface area contributed by atoms with Crippen molar-refractivity contribution in [1.82, 2.24) is 4.90 Å². The first kappa shape index (κ1) is 29.1. The molecule has 13 heteroatoms. The summed E-state index contributed by atoms with van der Waals surface area (Å²) in [6, 6.07) is 16.0. The summed E-state index contributed by atoms with van der Waals surface area (Å²) in [5.74, 6) is -0.414. The van der Waals surface area contributed by atoms with Crippen molar-refractivity contribution in [3.8, 4) is 11.5 Å². The number of hydrogen-bond acceptors (Lipinski definition) is 8. The highest BCUT2D eigenvalue weighted by atomic mass is 79.9. The topological polar surface area (TPSA) is 128 Å². The van der Waals surface area contributed by atoms with E-state index in [1.165, 1.54) is 24.3 Å². The van der Waals surface area contributed by atoms with E-state index in [9.17, 15) is 24.5 Å². The fraction of sp³-hybridized carbons (Fsp3) is 0.148. The summed E-state index contributed by atoms with van der Waals surface area (Å²) in [5, 5.41) is 13.9. The van der Waals surface area contributed by atoms with Crippen molar-refractivity contribution < 1.29 is 28.8 Å². The Labute approximate surface area is 246 Å². The van der Waals surface area contributed by atoms with Crippen molar-refractivity contribution in [2.75, 3.05) is 18.5 Å². The summed E-state index contributed by atoms with van der Waals surface area (Å²) >= 11 is 10.3. The lowest BCUT2D eigenvalue weighted by Crippen LogP contribution is -2.27. The van der Waals surface area contributed by atoms with E-state index in [0.29, 0.717) is 33.1 Å². The van der Waals surface area contributed by atoms with Crippen molar-refractivity contribution >= 4 is 73.8 Å². The van der Waals surface area contributed by atoms with Gasteiger partial charge in [-0.15, -0.1) is 0 Å². The third-order valence-corrected chi connectivity index (χ3v) is 7.34. The third-order valence-electron chi connectivity index (χ3n) is 5.52. The van der Waals surface area contributed by atoms with Crippen LogP contribution >= 0.6 is 39.3 Å². The molecule has 0 atom stereocenters. The summed E-state index contributed by atoms with van der Waals surface area (Å²) in [6.45, 7) is 1.52. The quantitative estimate of drug-likeness (QED) is 0.147. The summed E-state index contributed by atoms with van der Waals surface area (Å²) in [5.41, 5.74) is 1.05. The van der Waals surface area contributed by atoms with Crippen LogP contribution in [0.1, 0.15) is 18.1 Å². The van der Waals surface area contributed by atoms with Crippen LogP contribution < -0.4 is 14.8 Å². The molecule has 10 nitrogen and oxygen atoms in total. The van der Waals surface area contributed by atoms with E-state index in [2.05, 4.69) is 21.2 Å². The number of hydrogen-bond donors (Lipinski definition) is 1. The van der Waals surface area contributed by atoms with Gasteiger partial charge < -0.3 is 14.8 Å². The number of thioether (sulfide) groups is 1. The Morgan fingerprint density at radius 2 is 1.88 bits per heavy atom. The molecule has 0 aromatic heterocycles. The van der Waals surface area contributed by atoms with Crippen molar-refractivity contribution in [2.24, 2.45) is 0 Å². The summed E-state index contributed by atoms with van der Waals surface area (Å²) in [6.07, 6.45) is 1.52. The number of nitrogens with one attached hydrogen (secondary N) is 1. The van der Waals surface area contributed by atoms with Crippen molar-refractivity contribution in [3.63, 3.8) is 0 Å². The number of halogens is 2. The molecule has 0 spiro atoms. The minimum atomic E-state index is -0.571. The Morgan fingerprint density at radius 1 is 1.15 bits per heavy atom. The number of amides is 3. The molecule has 1 aliphatic heterocycles. The maximum Gasteiger partial charge on any atom is 0.293 e. The number of nitro groups is 1. The molecule has 1 heterocycles. The fourth-order valence-electron chi connectivity index (χ4n) is 3.74. The molecule has 40 heavy (non-hydrogen) atoms. The molecular weight excluding hydrogens is 626 g/mol. The number of carbonyl (C=O) groups excluding carboxylic acids is 3. The maximum absolute atomic E-state index is 13.0. The predicted octanol–water partition coefficient (Wildman–Crippen LogP) is 6.66. The van der Waals surface area contributed by atoms with E-state index in [-0.39, 0.29) is 35.1 Å². The number of nitro benzene ring substituents is 1. The maximum atomic E-state index is 13.0. The molecule has 206 valence electrons. The summed E-state index contributed by atoms with van der Waals surface area (Å²) in [4.78, 5) is 50.0. The number of para-hydroxylation sites is 2. The van der Waals surface area contributed by atoms with Gasteiger partial charge in [-0.05, 0) is 70.5 Å². The van der Waals surface area contributed by atoms with Gasteiger partial charge in [0.2, 0.25) is 0 Å². The van der Waals surface area contributed by atoms with E-state index >= 15 is 0 Å². The number of ether oxygens (including phenoxy) is 2. The highest BCUT2D eigenvalue weighted by Crippen LogP contribution is 2.40. The molecule has 1 N–H and O–H groups in total. The first-order valence-electron chi connectivity index (χ1n) is 11.8. The monoisotopic (exact) mass is 645 g/mol. The van der Waals surface area contributed by atoms with Gasteiger partial charge in [0.05, 0.1) is 38.2 Å². The number of benzene rings is 3. The molecule has 3 aromatic rings. The normalized spacial score (nSPS) is 14.0. The van der Waals surface area contributed by atoms with Crippen LogP contribution in [0.15, 0.2) is 70.0 Å². The summed E-state index contributed by atoms with van der Waals surface area (Å²) < 4.78 is 11.9. The van der Waals surface area contributed by atoms with Gasteiger partial charge >= 0.3 is 0 Å². The first-order chi connectivity index (χ1) is 19.2. The van der Waals surface area contributed by atoms with Crippen molar-refractivity contribution in [1.29, 1.82) is 0 Å². The molecule has 4 rings (SSSR count). The van der Waals surface area contributed by atoms with Crippen molar-refractivity contribution in [3.05, 3.63) is 96.3 Å². The van der Waals surface area contributed by atoms with Gasteiger partial charge in [-0.2, -0.15) is 0 Å². The molecule has 0 saturated carbocycles. The molecule has 3 aromatic carbocycles. The van der Waals surface area contributed by atoms with Gasteiger partial charge in [-0.25, -0.2) is 0 Å². The van der Waals surface area contributed by atoms with E-state index in [1.54, 1.807) is 49.4 Å². The van der Waals surface area contributed by atoms with E-state index in [1.807, 2.05) is 0 Å². The molecule has 0 radical (unpaired) electrons. The van der Waals surface area contributed by atoms with Crippen LogP contribution in [0, 0.1) is 10.1 Å². The average molecular weight is 647 g/mol. The molecular formula is C27H21BrClN3O7S. The second-order valence-corrected chi connectivity index (χ2v) is 10.5. The standard InChI is InChI=1S/C27H21BrClN3O7S/c1-2-38-22-12-16(11-18(28)25(22)39-15-24(33)30-20-9-5-4-8-19(20)29)13-23-26(34)31(27(35)40-23)14-17-7-3-6-10-21(17)32(36)37/h3-13H,2,14-15H2,1H3,(H,30,33)/b23-13-. The molecule has 0 bridgehead atoms. The van der Waals surface area contributed by atoms with Crippen LogP contribution in [0.25, 0.3) is 6.08 Å². The van der Waals surface area contributed by atoms with Gasteiger partial charge in [0.1, 0.15) is 0 Å². The van der Waals surface area contributed by atoms with E-state index in [0.717, 1.165) is 16.7 Å². The zero-order valence-electron chi connectivity index (χ0n) is 20.9. The lowest BCUT2D eigenvalue weighted by Gasteiger charge is -2.15. The molecule has 0 aliphatic carbocycles. The second-order valence-electron chi connectivity index (χ2n) is 8.23. The lowest BCUT2D eigenvalue weighted by molar-refractivity contribution is -0.385. The number of imide groups is 1. The van der Waals surface area contributed by atoms with E-state index < -0.39 is 22.0 Å². The SMILES string of the molecule is CCOc1cc(/C=C2\SC(=O)N(Cc3ccccc3[N+](=O)[O-])C2=O)cc(Br)c1OCC(=O)Nc1ccccc1Cl. The zero-order valence-corrected chi connectivity index (χ0v) is 24.0. The average Bonchev–Trinajstić information content (AvgIpc) is 3.17. The first-order valence-corrected chi connectivity index (χ1v) is 13.8. The Bertz CT molecular complexity index is 1530. The Kier molecular flexibility index (Phi) is 9.46. The third kappa shape index (κ3) is 6.82. The number of carbonyl (C=O) groups is 3. The second kappa shape index (κ2) is 13.0. The largest absolute Gasteiger partial charge is 0.490 e. The number of nitrogens with zero attached hydrogens (tertiary/aromatic N) is 2.